The standard InChI is InChI=1S/C18H25INO9P/c1-14(21)25-11-17(12-28-30(23,24)27-10-9-20(2,3)4)29-18(22)13-26-16-7-5-15(19)6-8-16/h1,5-8,17H,9-13H2,2-4H3/p+1/t17-/m1/s1. The first-order chi connectivity index (χ1) is 13.9. The maximum atomic E-state index is 12.0. The lowest BCUT2D eigenvalue weighted by molar-refractivity contribution is -0.870. The number of quaternary nitrogens is 1. The van der Waals surface area contributed by atoms with Crippen molar-refractivity contribution in [2.75, 3.05) is 54.1 Å². The molecule has 1 aromatic rings. The van der Waals surface area contributed by atoms with Gasteiger partial charge >= 0.3 is 19.8 Å². The van der Waals surface area contributed by atoms with Crippen LogP contribution in [0.1, 0.15) is 0 Å². The lowest BCUT2D eigenvalue weighted by Gasteiger charge is -2.24. The molecule has 2 radical (unpaired) electrons. The Morgan fingerprint density at radius 2 is 1.80 bits per heavy atom. The molecule has 1 aromatic carbocycles. The molecule has 0 aliphatic heterocycles. The number of phosphoric acid groups is 1. The normalized spacial score (nSPS) is 14.5. The summed E-state index contributed by atoms with van der Waals surface area (Å²) in [6.07, 6.45) is -1.19. The van der Waals surface area contributed by atoms with Crippen LogP contribution in [0.4, 0.5) is 0 Å². The molecule has 1 N–H and O–H groups in total. The molecule has 0 heterocycles. The van der Waals surface area contributed by atoms with E-state index in [4.69, 9.17) is 25.4 Å². The number of benzene rings is 1. The highest BCUT2D eigenvalue weighted by Crippen LogP contribution is 2.43. The van der Waals surface area contributed by atoms with Crippen molar-refractivity contribution in [2.45, 2.75) is 6.10 Å². The summed E-state index contributed by atoms with van der Waals surface area (Å²) in [5.74, 6) is -1.44. The van der Waals surface area contributed by atoms with Gasteiger partial charge in [0.2, 0.25) is 0 Å². The third kappa shape index (κ3) is 13.1. The van der Waals surface area contributed by atoms with Crippen molar-refractivity contribution >= 4 is 42.4 Å². The largest absolute Gasteiger partial charge is 0.482 e. The molecule has 10 nitrogen and oxygen atoms in total. The number of phosphoric ester groups is 1. The zero-order chi connectivity index (χ0) is 22.8. The smallest absolute Gasteiger partial charge is 0.472 e. The maximum Gasteiger partial charge on any atom is 0.472 e. The predicted octanol–water partition coefficient (Wildman–Crippen LogP) is 1.68. The zero-order valence-corrected chi connectivity index (χ0v) is 20.0. The van der Waals surface area contributed by atoms with Crippen LogP contribution in [0.15, 0.2) is 24.3 Å². The number of ether oxygens (including phenoxy) is 3. The molecule has 0 aliphatic rings. The molecule has 0 saturated carbocycles. The number of hydrogen-bond acceptors (Lipinski definition) is 8. The number of nitrogens with zero attached hydrogens (tertiary/aromatic N) is 1. The van der Waals surface area contributed by atoms with E-state index < -0.39 is 45.7 Å². The van der Waals surface area contributed by atoms with Gasteiger partial charge in [-0.2, -0.15) is 0 Å². The Hall–Kier alpha value is -1.24. The van der Waals surface area contributed by atoms with Crippen LogP contribution >= 0.6 is 30.4 Å². The van der Waals surface area contributed by atoms with E-state index in [9.17, 15) is 19.0 Å². The molecule has 2 atom stereocenters. The van der Waals surface area contributed by atoms with Crippen molar-refractivity contribution in [1.82, 2.24) is 0 Å². The summed E-state index contributed by atoms with van der Waals surface area (Å²) >= 11 is 2.13. The minimum absolute atomic E-state index is 0.0244. The summed E-state index contributed by atoms with van der Waals surface area (Å²) in [5, 5.41) is 0. The molecule has 0 amide bonds. The van der Waals surface area contributed by atoms with Crippen molar-refractivity contribution in [3.63, 3.8) is 0 Å². The molecule has 0 aliphatic carbocycles. The molecular weight excluding hydrogens is 532 g/mol. The topological polar surface area (TPSA) is 118 Å². The summed E-state index contributed by atoms with van der Waals surface area (Å²) in [6.45, 7) is 3.90. The third-order valence-electron chi connectivity index (χ3n) is 3.32. The second-order valence-electron chi connectivity index (χ2n) is 7.10. The molecule has 0 saturated heterocycles. The summed E-state index contributed by atoms with van der Waals surface area (Å²) in [7, 11) is 1.27. The van der Waals surface area contributed by atoms with Gasteiger partial charge in [0.05, 0.1) is 34.7 Å². The summed E-state index contributed by atoms with van der Waals surface area (Å²) in [6, 6.07) is 6.97. The van der Waals surface area contributed by atoms with Crippen LogP contribution < -0.4 is 4.74 Å². The van der Waals surface area contributed by atoms with Gasteiger partial charge in [0, 0.05) is 3.57 Å². The number of rotatable bonds is 13. The second-order valence-corrected chi connectivity index (χ2v) is 9.80. The van der Waals surface area contributed by atoms with E-state index in [1.54, 1.807) is 24.3 Å². The first-order valence-electron chi connectivity index (χ1n) is 8.79. The molecule has 0 fully saturated rings. The van der Waals surface area contributed by atoms with Crippen LogP contribution in [0.5, 0.6) is 5.75 Å². The van der Waals surface area contributed by atoms with Gasteiger partial charge in [0.1, 0.15) is 25.5 Å². The Kier molecular flexibility index (Phi) is 11.2. The van der Waals surface area contributed by atoms with Crippen LogP contribution in [-0.4, -0.2) is 81.5 Å². The first-order valence-corrected chi connectivity index (χ1v) is 11.4. The molecule has 30 heavy (non-hydrogen) atoms. The molecular formula is C18H26INO9P+. The highest BCUT2D eigenvalue weighted by molar-refractivity contribution is 14.1. The van der Waals surface area contributed by atoms with Crippen LogP contribution in [0.25, 0.3) is 0 Å². The Morgan fingerprint density at radius 1 is 1.17 bits per heavy atom. The number of esters is 2. The number of hydrogen-bond donors (Lipinski definition) is 1. The Morgan fingerprint density at radius 3 is 2.37 bits per heavy atom. The van der Waals surface area contributed by atoms with E-state index in [2.05, 4.69) is 27.3 Å². The minimum Gasteiger partial charge on any atom is -0.482 e. The van der Waals surface area contributed by atoms with Crippen LogP contribution in [-0.2, 0) is 32.7 Å². The predicted molar refractivity (Wildman–Crippen MR) is 114 cm³/mol. The van der Waals surface area contributed by atoms with E-state index in [1.165, 1.54) is 0 Å². The summed E-state index contributed by atoms with van der Waals surface area (Å²) < 4.78 is 38.2. The van der Waals surface area contributed by atoms with Gasteiger partial charge in [-0.1, -0.05) is 0 Å². The third-order valence-corrected chi connectivity index (χ3v) is 5.02. The lowest BCUT2D eigenvalue weighted by atomic mass is 10.3. The fourth-order valence-electron chi connectivity index (χ4n) is 1.83. The minimum atomic E-state index is -4.40. The summed E-state index contributed by atoms with van der Waals surface area (Å²) in [4.78, 5) is 32.6. The number of halogens is 1. The number of carbonyl (C=O) groups is 2. The van der Waals surface area contributed by atoms with E-state index in [0.717, 1.165) is 3.57 Å². The first kappa shape index (κ1) is 26.8. The highest BCUT2D eigenvalue weighted by atomic mass is 127. The van der Waals surface area contributed by atoms with E-state index in [-0.39, 0.29) is 6.61 Å². The van der Waals surface area contributed by atoms with E-state index in [1.807, 2.05) is 21.1 Å². The van der Waals surface area contributed by atoms with Gasteiger partial charge in [0.25, 0.3) is 0 Å². The van der Waals surface area contributed by atoms with E-state index in [0.29, 0.717) is 16.8 Å². The monoisotopic (exact) mass is 558 g/mol. The second kappa shape index (κ2) is 12.6. The molecule has 12 heteroatoms. The van der Waals surface area contributed by atoms with Crippen molar-refractivity contribution in [3.8, 4) is 5.75 Å². The molecule has 0 aromatic heterocycles. The highest BCUT2D eigenvalue weighted by Gasteiger charge is 2.26. The molecule has 1 rings (SSSR count). The van der Waals surface area contributed by atoms with Gasteiger partial charge in [-0.3, -0.25) is 13.8 Å². The van der Waals surface area contributed by atoms with Gasteiger partial charge < -0.3 is 23.6 Å². The number of carbonyl (C=O) groups excluding carboxylic acids is 2. The Bertz CT molecular complexity index is 736. The van der Waals surface area contributed by atoms with E-state index >= 15 is 0 Å². The number of likely N-dealkylation sites (N-methyl/N-ethyl adjacent to an activating group) is 1. The zero-order valence-electron chi connectivity index (χ0n) is 17.0. The SMILES string of the molecule is [CH]C(=O)OC[C@H](COP(=O)(O)OCC[N+](C)(C)C)OC(=O)COc1ccc(I)cc1. The van der Waals surface area contributed by atoms with Crippen LogP contribution in [0.3, 0.4) is 0 Å². The fourth-order valence-corrected chi connectivity index (χ4v) is 2.93. The summed E-state index contributed by atoms with van der Waals surface area (Å²) in [5.41, 5.74) is 0. The van der Waals surface area contributed by atoms with Gasteiger partial charge in [-0.05, 0) is 46.9 Å². The Balaban J connectivity index is 2.54. The van der Waals surface area contributed by atoms with Gasteiger partial charge in [-0.25, -0.2) is 9.36 Å². The van der Waals surface area contributed by atoms with Gasteiger partial charge in [-0.15, -0.1) is 0 Å². The maximum absolute atomic E-state index is 12.0. The molecule has 1 unspecified atom stereocenters. The van der Waals surface area contributed by atoms with Crippen LogP contribution in [0, 0.1) is 10.5 Å². The van der Waals surface area contributed by atoms with Crippen molar-refractivity contribution < 1.29 is 46.8 Å². The van der Waals surface area contributed by atoms with Gasteiger partial charge in [0.15, 0.2) is 12.7 Å². The average molecular weight is 558 g/mol. The lowest BCUT2D eigenvalue weighted by Crippen LogP contribution is -2.37. The molecule has 168 valence electrons. The van der Waals surface area contributed by atoms with Crippen molar-refractivity contribution in [3.05, 3.63) is 34.8 Å². The van der Waals surface area contributed by atoms with Crippen molar-refractivity contribution in [1.29, 1.82) is 0 Å². The molecule has 0 spiro atoms. The Labute approximate surface area is 189 Å². The quantitative estimate of drug-likeness (QED) is 0.167. The fraction of sp³-hybridized carbons (Fsp3) is 0.500. The van der Waals surface area contributed by atoms with Crippen molar-refractivity contribution in [2.24, 2.45) is 0 Å². The van der Waals surface area contributed by atoms with Crippen LogP contribution in [0.2, 0.25) is 0 Å². The average Bonchev–Trinajstić information content (AvgIpc) is 2.62. The molecule has 0 bridgehead atoms.